The van der Waals surface area contributed by atoms with Crippen LogP contribution in [-0.2, 0) is 9.84 Å². The van der Waals surface area contributed by atoms with Gasteiger partial charge in [0.25, 0.3) is 0 Å². The molecular weight excluding hydrogens is 341 g/mol. The van der Waals surface area contributed by atoms with Gasteiger partial charge in [0.15, 0.2) is 9.84 Å². The van der Waals surface area contributed by atoms with E-state index in [4.69, 9.17) is 23.2 Å². The predicted octanol–water partition coefficient (Wildman–Crippen LogP) is 5.09. The highest BCUT2D eigenvalue weighted by molar-refractivity contribution is 7.91. The van der Waals surface area contributed by atoms with E-state index in [-0.39, 0.29) is 4.90 Å². The summed E-state index contributed by atoms with van der Waals surface area (Å²) in [4.78, 5) is 4.12. The molecule has 0 aliphatic heterocycles. The van der Waals surface area contributed by atoms with E-state index in [2.05, 4.69) is 4.98 Å². The fourth-order valence-corrected chi connectivity index (χ4v) is 4.74. The van der Waals surface area contributed by atoms with Gasteiger partial charge >= 0.3 is 0 Å². The van der Waals surface area contributed by atoms with E-state index in [9.17, 15) is 8.42 Å². The maximum Gasteiger partial charge on any atom is 0.186 e. The van der Waals surface area contributed by atoms with E-state index in [1.165, 1.54) is 6.20 Å². The lowest BCUT2D eigenvalue weighted by Gasteiger charge is -2.19. The quantitative estimate of drug-likeness (QED) is 0.722. The maximum atomic E-state index is 12.9. The van der Waals surface area contributed by atoms with Crippen molar-refractivity contribution >= 4 is 33.0 Å². The third kappa shape index (κ3) is 3.80. The average molecular weight is 358 g/mol. The maximum absolute atomic E-state index is 12.9. The first-order valence-electron chi connectivity index (χ1n) is 7.05. The van der Waals surface area contributed by atoms with Crippen LogP contribution in [0.25, 0.3) is 0 Å². The van der Waals surface area contributed by atoms with Crippen LogP contribution in [0.4, 0.5) is 0 Å². The molecule has 1 aromatic heterocycles. The predicted molar refractivity (Wildman–Crippen MR) is 90.2 cm³/mol. The average Bonchev–Trinajstić information content (AvgIpc) is 2.50. The lowest BCUT2D eigenvalue weighted by Crippen LogP contribution is -2.15. The number of pyridine rings is 1. The zero-order valence-corrected chi connectivity index (χ0v) is 14.5. The number of unbranched alkanes of at least 4 members (excludes halogenated alkanes) is 1. The molecule has 0 radical (unpaired) electrons. The fourth-order valence-electron chi connectivity index (χ4n) is 2.31. The zero-order valence-electron chi connectivity index (χ0n) is 12.2. The van der Waals surface area contributed by atoms with Gasteiger partial charge in [-0.25, -0.2) is 8.42 Å². The van der Waals surface area contributed by atoms with Crippen LogP contribution in [0.15, 0.2) is 47.6 Å². The van der Waals surface area contributed by atoms with Crippen LogP contribution in [0.2, 0.25) is 10.0 Å². The Bertz CT molecular complexity index is 733. The second-order valence-electron chi connectivity index (χ2n) is 5.03. The summed E-state index contributed by atoms with van der Waals surface area (Å²) in [5.74, 6) is 0. The van der Waals surface area contributed by atoms with E-state index >= 15 is 0 Å². The van der Waals surface area contributed by atoms with Gasteiger partial charge in [-0.2, -0.15) is 0 Å². The number of rotatable bonds is 6. The SMILES string of the molecule is CCCCC(c1ccc(Cl)cc1Cl)S(=O)(=O)c1cccnc1. The van der Waals surface area contributed by atoms with Gasteiger partial charge in [0.05, 0.1) is 10.1 Å². The second-order valence-corrected chi connectivity index (χ2v) is 8.00. The van der Waals surface area contributed by atoms with Crippen molar-refractivity contribution in [3.05, 3.63) is 58.3 Å². The Kier molecular flexibility index (Phi) is 5.84. The summed E-state index contributed by atoms with van der Waals surface area (Å²) in [5.41, 5.74) is 0.586. The Morgan fingerprint density at radius 1 is 1.23 bits per heavy atom. The first kappa shape index (κ1) is 17.3. The van der Waals surface area contributed by atoms with Crippen molar-refractivity contribution in [1.82, 2.24) is 4.98 Å². The summed E-state index contributed by atoms with van der Waals surface area (Å²) in [6.45, 7) is 2.03. The summed E-state index contributed by atoms with van der Waals surface area (Å²) in [6, 6.07) is 8.12. The van der Waals surface area contributed by atoms with Crippen molar-refractivity contribution < 1.29 is 8.42 Å². The number of aromatic nitrogens is 1. The minimum atomic E-state index is -3.55. The summed E-state index contributed by atoms with van der Waals surface area (Å²) < 4.78 is 25.9. The van der Waals surface area contributed by atoms with Crippen molar-refractivity contribution in [1.29, 1.82) is 0 Å². The highest BCUT2D eigenvalue weighted by Crippen LogP contribution is 2.37. The van der Waals surface area contributed by atoms with Crippen LogP contribution in [-0.4, -0.2) is 13.4 Å². The van der Waals surface area contributed by atoms with Gasteiger partial charge < -0.3 is 0 Å². The van der Waals surface area contributed by atoms with Gasteiger partial charge in [0.2, 0.25) is 0 Å². The molecule has 1 aromatic carbocycles. The Morgan fingerprint density at radius 3 is 2.59 bits per heavy atom. The van der Waals surface area contributed by atoms with Crippen LogP contribution >= 0.6 is 23.2 Å². The fraction of sp³-hybridized carbons (Fsp3) is 0.312. The van der Waals surface area contributed by atoms with Crippen molar-refractivity contribution in [2.45, 2.75) is 36.3 Å². The van der Waals surface area contributed by atoms with E-state index in [1.807, 2.05) is 6.92 Å². The Labute approximate surface area is 141 Å². The largest absolute Gasteiger partial charge is 0.263 e. The van der Waals surface area contributed by atoms with Crippen molar-refractivity contribution in [3.8, 4) is 0 Å². The molecule has 0 saturated heterocycles. The second kappa shape index (κ2) is 7.44. The van der Waals surface area contributed by atoms with E-state index < -0.39 is 15.1 Å². The van der Waals surface area contributed by atoms with Gasteiger partial charge in [0, 0.05) is 22.4 Å². The van der Waals surface area contributed by atoms with Crippen molar-refractivity contribution in [2.75, 3.05) is 0 Å². The molecule has 1 heterocycles. The lowest BCUT2D eigenvalue weighted by molar-refractivity contribution is 0.568. The monoisotopic (exact) mass is 357 g/mol. The first-order chi connectivity index (χ1) is 10.5. The van der Waals surface area contributed by atoms with Crippen LogP contribution in [0.5, 0.6) is 0 Å². The molecule has 1 atom stereocenters. The molecular formula is C16H17Cl2NO2S. The highest BCUT2D eigenvalue weighted by atomic mass is 35.5. The van der Waals surface area contributed by atoms with Crippen LogP contribution in [0.3, 0.4) is 0 Å². The number of sulfone groups is 1. The number of halogens is 2. The van der Waals surface area contributed by atoms with Crippen LogP contribution in [0, 0.1) is 0 Å². The molecule has 3 nitrogen and oxygen atoms in total. The standard InChI is InChI=1S/C16H17Cl2NO2S/c1-2-3-6-16(14-8-7-12(17)10-15(14)18)22(20,21)13-5-4-9-19-11-13/h4-5,7-11,16H,2-3,6H2,1H3. The normalized spacial score (nSPS) is 13.0. The number of hydrogen-bond acceptors (Lipinski definition) is 3. The number of hydrogen-bond donors (Lipinski definition) is 0. The molecule has 0 aliphatic rings. The molecule has 118 valence electrons. The molecule has 0 saturated carbocycles. The molecule has 2 rings (SSSR count). The number of nitrogens with zero attached hydrogens (tertiary/aromatic N) is 1. The van der Waals surface area contributed by atoms with E-state index in [0.29, 0.717) is 22.0 Å². The van der Waals surface area contributed by atoms with Crippen molar-refractivity contribution in [3.63, 3.8) is 0 Å². The molecule has 0 spiro atoms. The summed E-state index contributed by atoms with van der Waals surface area (Å²) in [6.07, 6.45) is 5.13. The molecule has 22 heavy (non-hydrogen) atoms. The number of benzene rings is 1. The van der Waals surface area contributed by atoms with Gasteiger partial charge in [-0.15, -0.1) is 0 Å². The smallest absolute Gasteiger partial charge is 0.186 e. The summed E-state index contributed by atoms with van der Waals surface area (Å²) in [5, 5.41) is 0.171. The molecule has 0 aliphatic carbocycles. The first-order valence-corrected chi connectivity index (χ1v) is 9.36. The Balaban J connectivity index is 2.50. The van der Waals surface area contributed by atoms with Crippen molar-refractivity contribution in [2.24, 2.45) is 0 Å². The minimum absolute atomic E-state index is 0.210. The molecule has 0 amide bonds. The third-order valence-corrected chi connectivity index (χ3v) is 6.17. The zero-order chi connectivity index (χ0) is 16.2. The molecule has 6 heteroatoms. The third-order valence-electron chi connectivity index (χ3n) is 3.47. The van der Waals surface area contributed by atoms with Gasteiger partial charge in [-0.3, -0.25) is 4.98 Å². The molecule has 1 unspecified atom stereocenters. The molecule has 0 bridgehead atoms. The summed E-state index contributed by atoms with van der Waals surface area (Å²) >= 11 is 12.1. The van der Waals surface area contributed by atoms with Gasteiger partial charge in [0.1, 0.15) is 0 Å². The van der Waals surface area contributed by atoms with Gasteiger partial charge in [-0.1, -0.05) is 49.0 Å². The molecule has 0 N–H and O–H groups in total. The van der Waals surface area contributed by atoms with Crippen LogP contribution < -0.4 is 0 Å². The summed E-state index contributed by atoms with van der Waals surface area (Å²) in [7, 11) is -3.55. The topological polar surface area (TPSA) is 47.0 Å². The molecule has 0 fully saturated rings. The Hall–Kier alpha value is -1.10. The molecule has 2 aromatic rings. The highest BCUT2D eigenvalue weighted by Gasteiger charge is 2.30. The minimum Gasteiger partial charge on any atom is -0.263 e. The van der Waals surface area contributed by atoms with Crippen LogP contribution in [0.1, 0.15) is 37.0 Å². The van der Waals surface area contributed by atoms with E-state index in [1.54, 1.807) is 36.5 Å². The Morgan fingerprint density at radius 2 is 2.00 bits per heavy atom. The lowest BCUT2D eigenvalue weighted by atomic mass is 10.1. The van der Waals surface area contributed by atoms with Gasteiger partial charge in [-0.05, 0) is 36.2 Å². The van der Waals surface area contributed by atoms with E-state index in [0.717, 1.165) is 12.8 Å².